The zero-order valence-electron chi connectivity index (χ0n) is 19.2. The lowest BCUT2D eigenvalue weighted by Crippen LogP contribution is -2.51. The average molecular weight is 418 g/mol. The first kappa shape index (κ1) is 21.4. The third-order valence-corrected chi connectivity index (χ3v) is 10.6. The molecule has 0 aromatic carbocycles. The third kappa shape index (κ3) is 3.69. The van der Waals surface area contributed by atoms with E-state index in [1.807, 2.05) is 6.92 Å². The molecule has 0 bridgehead atoms. The number of carbonyl (C=O) groups is 1. The zero-order valence-corrected chi connectivity index (χ0v) is 19.2. The van der Waals surface area contributed by atoms with Gasteiger partial charge < -0.3 is 10.2 Å². The fraction of sp³-hybridized carbons (Fsp3) is 0.962. The van der Waals surface area contributed by atoms with Crippen LogP contribution >= 0.6 is 0 Å². The van der Waals surface area contributed by atoms with Gasteiger partial charge in [-0.05, 0) is 113 Å². The van der Waals surface area contributed by atoms with E-state index < -0.39 is 5.60 Å². The third-order valence-electron chi connectivity index (χ3n) is 10.6. The molecule has 2 unspecified atom stereocenters. The van der Waals surface area contributed by atoms with Crippen molar-refractivity contribution in [1.82, 2.24) is 4.90 Å². The number of aliphatic hydroxyl groups is 2. The lowest BCUT2D eigenvalue weighted by atomic mass is 9.49. The van der Waals surface area contributed by atoms with Crippen LogP contribution in [0.1, 0.15) is 84.5 Å². The summed E-state index contributed by atoms with van der Waals surface area (Å²) in [5.41, 5.74) is -0.229. The Kier molecular flexibility index (Phi) is 5.60. The molecule has 8 atom stereocenters. The average Bonchev–Trinajstić information content (AvgIpc) is 3.06. The molecule has 0 amide bonds. The van der Waals surface area contributed by atoms with E-state index in [2.05, 4.69) is 11.8 Å². The molecule has 5 rings (SSSR count). The van der Waals surface area contributed by atoms with E-state index in [1.54, 1.807) is 0 Å². The van der Waals surface area contributed by atoms with Crippen LogP contribution < -0.4 is 0 Å². The van der Waals surface area contributed by atoms with Crippen LogP contribution in [0.5, 0.6) is 0 Å². The highest BCUT2D eigenvalue weighted by molar-refractivity contribution is 5.84. The molecule has 4 nitrogen and oxygen atoms in total. The highest BCUT2D eigenvalue weighted by Crippen LogP contribution is 2.64. The Labute approximate surface area is 182 Å². The lowest BCUT2D eigenvalue weighted by Gasteiger charge is -2.57. The summed E-state index contributed by atoms with van der Waals surface area (Å²) in [6.07, 6.45) is 12.2. The van der Waals surface area contributed by atoms with Gasteiger partial charge in [0.15, 0.2) is 0 Å². The topological polar surface area (TPSA) is 60.8 Å². The Bertz CT molecular complexity index is 655. The molecule has 1 saturated heterocycles. The number of hydrogen-bond donors (Lipinski definition) is 2. The van der Waals surface area contributed by atoms with Crippen LogP contribution in [0.15, 0.2) is 0 Å². The maximum absolute atomic E-state index is 13.4. The molecule has 4 aliphatic carbocycles. The zero-order chi connectivity index (χ0) is 21.1. The van der Waals surface area contributed by atoms with Crippen LogP contribution in [-0.4, -0.2) is 52.2 Å². The molecule has 2 N–H and O–H groups in total. The molecule has 1 aliphatic heterocycles. The standard InChI is InChI=1S/C26H43NO3/c1-25(30)11-7-19-17(15-25)3-4-21-20(19)8-12-26(2)22(21)5-6-23(26)24(29)16-27-13-9-18(28)10-14-27/h17-23,28,30H,3-16H2,1-2H3/t17-,19?,20+,21?,22-,23+,25+,26-/m0/s1. The van der Waals surface area contributed by atoms with Gasteiger partial charge in [-0.15, -0.1) is 0 Å². The SMILES string of the molecule is C[C@@]1(O)CCC2[C@@H](CCC3[C@@H]2CC[C@]2(C)[C@@H](C(=O)CN4CCC(O)CC4)CC[C@@H]32)C1. The first-order chi connectivity index (χ1) is 14.3. The predicted octanol–water partition coefficient (Wildman–Crippen LogP) is 4.03. The Morgan fingerprint density at radius 1 is 0.900 bits per heavy atom. The maximum atomic E-state index is 13.4. The van der Waals surface area contributed by atoms with E-state index in [-0.39, 0.29) is 17.4 Å². The summed E-state index contributed by atoms with van der Waals surface area (Å²) in [5, 5.41) is 20.4. The summed E-state index contributed by atoms with van der Waals surface area (Å²) < 4.78 is 0. The summed E-state index contributed by atoms with van der Waals surface area (Å²) in [6.45, 7) is 6.85. The monoisotopic (exact) mass is 417 g/mol. The maximum Gasteiger partial charge on any atom is 0.150 e. The van der Waals surface area contributed by atoms with Crippen molar-refractivity contribution >= 4 is 5.78 Å². The largest absolute Gasteiger partial charge is 0.393 e. The van der Waals surface area contributed by atoms with E-state index in [0.29, 0.717) is 12.3 Å². The molecule has 30 heavy (non-hydrogen) atoms. The van der Waals surface area contributed by atoms with Crippen molar-refractivity contribution in [2.24, 2.45) is 40.9 Å². The number of likely N-dealkylation sites (tertiary alicyclic amines) is 1. The number of aliphatic hydroxyl groups excluding tert-OH is 1. The van der Waals surface area contributed by atoms with Crippen LogP contribution in [0.25, 0.3) is 0 Å². The number of rotatable bonds is 3. The molecule has 1 heterocycles. The summed E-state index contributed by atoms with van der Waals surface area (Å²) in [6, 6.07) is 0. The van der Waals surface area contributed by atoms with Gasteiger partial charge in [-0.25, -0.2) is 0 Å². The smallest absolute Gasteiger partial charge is 0.150 e. The minimum Gasteiger partial charge on any atom is -0.393 e. The normalized spacial score (nSPS) is 49.9. The molecule has 4 heteroatoms. The van der Waals surface area contributed by atoms with Gasteiger partial charge in [-0.2, -0.15) is 0 Å². The van der Waals surface area contributed by atoms with Crippen LogP contribution in [0.4, 0.5) is 0 Å². The Balaban J connectivity index is 1.26. The minimum atomic E-state index is -0.438. The number of ketones is 1. The number of carbonyl (C=O) groups excluding carboxylic acids is 1. The molecule has 4 saturated carbocycles. The fourth-order valence-electron chi connectivity index (χ4n) is 9.02. The van der Waals surface area contributed by atoms with Gasteiger partial charge in [0.05, 0.1) is 18.2 Å². The van der Waals surface area contributed by atoms with Gasteiger partial charge in [0.2, 0.25) is 0 Å². The second kappa shape index (κ2) is 7.85. The van der Waals surface area contributed by atoms with Gasteiger partial charge in [0, 0.05) is 19.0 Å². The number of Topliss-reactive ketones (excluding diaryl/α,β-unsaturated/α-hetero) is 1. The van der Waals surface area contributed by atoms with Crippen molar-refractivity contribution in [2.75, 3.05) is 19.6 Å². The molecule has 0 aromatic heterocycles. The molecular formula is C26H43NO3. The fourth-order valence-corrected chi connectivity index (χ4v) is 9.02. The highest BCUT2D eigenvalue weighted by Gasteiger charge is 2.58. The van der Waals surface area contributed by atoms with Crippen molar-refractivity contribution in [3.63, 3.8) is 0 Å². The lowest BCUT2D eigenvalue weighted by molar-refractivity contribution is -0.133. The highest BCUT2D eigenvalue weighted by atomic mass is 16.3. The van der Waals surface area contributed by atoms with Crippen molar-refractivity contribution in [1.29, 1.82) is 0 Å². The van der Waals surface area contributed by atoms with Crippen molar-refractivity contribution in [3.05, 3.63) is 0 Å². The molecular weight excluding hydrogens is 374 g/mol. The van der Waals surface area contributed by atoms with Crippen molar-refractivity contribution in [2.45, 2.75) is 96.2 Å². The van der Waals surface area contributed by atoms with Gasteiger partial charge in [0.1, 0.15) is 5.78 Å². The second-order valence-electron chi connectivity index (χ2n) is 12.3. The first-order valence-electron chi connectivity index (χ1n) is 12.9. The molecule has 170 valence electrons. The molecule has 0 spiro atoms. The number of nitrogens with zero attached hydrogens (tertiary/aromatic N) is 1. The van der Waals surface area contributed by atoms with Crippen LogP contribution in [0, 0.1) is 40.9 Å². The molecule has 5 aliphatic rings. The van der Waals surface area contributed by atoms with Crippen LogP contribution in [0.3, 0.4) is 0 Å². The van der Waals surface area contributed by atoms with Gasteiger partial charge >= 0.3 is 0 Å². The van der Waals surface area contributed by atoms with E-state index in [9.17, 15) is 15.0 Å². The van der Waals surface area contributed by atoms with E-state index in [1.165, 1.54) is 38.5 Å². The first-order valence-corrected chi connectivity index (χ1v) is 12.9. The summed E-state index contributed by atoms with van der Waals surface area (Å²) in [4.78, 5) is 15.7. The summed E-state index contributed by atoms with van der Waals surface area (Å²) >= 11 is 0. The molecule has 5 fully saturated rings. The van der Waals surface area contributed by atoms with Gasteiger partial charge in [-0.3, -0.25) is 9.69 Å². The van der Waals surface area contributed by atoms with Gasteiger partial charge in [-0.1, -0.05) is 6.92 Å². The Hall–Kier alpha value is -0.450. The van der Waals surface area contributed by atoms with E-state index in [0.717, 1.165) is 74.8 Å². The van der Waals surface area contributed by atoms with Crippen molar-refractivity contribution in [3.8, 4) is 0 Å². The summed E-state index contributed by atoms with van der Waals surface area (Å²) in [5.74, 6) is 4.68. The Morgan fingerprint density at radius 2 is 1.63 bits per heavy atom. The summed E-state index contributed by atoms with van der Waals surface area (Å²) in [7, 11) is 0. The predicted molar refractivity (Wildman–Crippen MR) is 118 cm³/mol. The molecule has 0 radical (unpaired) electrons. The van der Waals surface area contributed by atoms with Crippen LogP contribution in [0.2, 0.25) is 0 Å². The van der Waals surface area contributed by atoms with Crippen molar-refractivity contribution < 1.29 is 15.0 Å². The number of fused-ring (bicyclic) bond motifs is 5. The quantitative estimate of drug-likeness (QED) is 0.728. The Morgan fingerprint density at radius 3 is 2.40 bits per heavy atom. The minimum absolute atomic E-state index is 0.168. The van der Waals surface area contributed by atoms with E-state index in [4.69, 9.17) is 0 Å². The van der Waals surface area contributed by atoms with Crippen LogP contribution in [-0.2, 0) is 4.79 Å². The van der Waals surface area contributed by atoms with Gasteiger partial charge in [0.25, 0.3) is 0 Å². The number of piperidine rings is 1. The molecule has 0 aromatic rings. The van der Waals surface area contributed by atoms with E-state index >= 15 is 0 Å². The second-order valence-corrected chi connectivity index (χ2v) is 12.3. The number of hydrogen-bond acceptors (Lipinski definition) is 4.